The molecule has 19 heavy (non-hydrogen) atoms. The Hall–Kier alpha value is -2.22. The number of anilines is 1. The summed E-state index contributed by atoms with van der Waals surface area (Å²) in [6.07, 6.45) is 1.56. The first kappa shape index (κ1) is 13.2. The normalized spacial score (nSPS) is 10.2. The molecule has 8 heteroatoms. The van der Waals surface area contributed by atoms with Crippen molar-refractivity contribution in [2.24, 2.45) is 0 Å². The maximum atomic E-state index is 12.1. The Bertz CT molecular complexity index is 591. The van der Waals surface area contributed by atoms with Gasteiger partial charge < -0.3 is 9.26 Å². The lowest BCUT2D eigenvalue weighted by atomic mass is 10.2. The highest BCUT2D eigenvalue weighted by molar-refractivity contribution is 7.13. The number of nitrogens with zero attached hydrogens (tertiary/aromatic N) is 2. The van der Waals surface area contributed by atoms with Crippen LogP contribution in [0.25, 0.3) is 0 Å². The van der Waals surface area contributed by atoms with Crippen LogP contribution in [-0.4, -0.2) is 28.6 Å². The van der Waals surface area contributed by atoms with E-state index in [2.05, 4.69) is 15.5 Å². The molecule has 0 radical (unpaired) electrons. The van der Waals surface area contributed by atoms with E-state index in [9.17, 15) is 9.59 Å². The van der Waals surface area contributed by atoms with Gasteiger partial charge in [0.15, 0.2) is 5.13 Å². The molecular weight excluding hydrogens is 270 g/mol. The lowest BCUT2D eigenvalue weighted by molar-refractivity contribution is 0.0512. The molecule has 2 aromatic rings. The molecule has 0 saturated carbocycles. The average Bonchev–Trinajstić information content (AvgIpc) is 2.98. The van der Waals surface area contributed by atoms with E-state index < -0.39 is 11.9 Å². The zero-order valence-corrected chi connectivity index (χ0v) is 11.1. The second-order valence-electron chi connectivity index (χ2n) is 3.47. The summed E-state index contributed by atoms with van der Waals surface area (Å²) in [5, 5.41) is 8.28. The third kappa shape index (κ3) is 2.79. The molecule has 0 aromatic carbocycles. The number of rotatable bonds is 4. The number of hydrogen-bond donors (Lipinski definition) is 1. The lowest BCUT2D eigenvalue weighted by Gasteiger charge is -2.02. The first-order valence-corrected chi connectivity index (χ1v) is 6.35. The van der Waals surface area contributed by atoms with Gasteiger partial charge in [0, 0.05) is 11.6 Å². The summed E-state index contributed by atoms with van der Waals surface area (Å²) in [5.41, 5.74) is -0.0675. The summed E-state index contributed by atoms with van der Waals surface area (Å²) in [5.74, 6) is -0.947. The molecule has 2 heterocycles. The number of esters is 1. The van der Waals surface area contributed by atoms with Crippen LogP contribution in [0.15, 0.2) is 16.1 Å². The molecule has 0 aliphatic carbocycles. The summed E-state index contributed by atoms with van der Waals surface area (Å²) >= 11 is 1.27. The molecule has 0 aliphatic rings. The number of aromatic nitrogens is 2. The molecule has 0 saturated heterocycles. The Labute approximate surface area is 112 Å². The third-order valence-corrected chi connectivity index (χ3v) is 2.90. The van der Waals surface area contributed by atoms with Crippen molar-refractivity contribution in [1.82, 2.24) is 10.1 Å². The predicted molar refractivity (Wildman–Crippen MR) is 67.3 cm³/mol. The van der Waals surface area contributed by atoms with Crippen molar-refractivity contribution >= 4 is 28.3 Å². The van der Waals surface area contributed by atoms with Gasteiger partial charge in [-0.2, -0.15) is 0 Å². The predicted octanol–water partition coefficient (Wildman–Crippen LogP) is 1.87. The van der Waals surface area contributed by atoms with Gasteiger partial charge in [-0.1, -0.05) is 5.16 Å². The van der Waals surface area contributed by atoms with Crippen molar-refractivity contribution in [2.75, 3.05) is 11.9 Å². The molecule has 2 rings (SSSR count). The van der Waals surface area contributed by atoms with Gasteiger partial charge in [0.25, 0.3) is 5.91 Å². The largest absolute Gasteiger partial charge is 0.461 e. The zero-order valence-electron chi connectivity index (χ0n) is 10.3. The van der Waals surface area contributed by atoms with Crippen molar-refractivity contribution in [3.8, 4) is 0 Å². The van der Waals surface area contributed by atoms with E-state index in [0.29, 0.717) is 5.13 Å². The summed E-state index contributed by atoms with van der Waals surface area (Å²) in [6, 6.07) is 0. The van der Waals surface area contributed by atoms with Crippen LogP contribution in [0.2, 0.25) is 0 Å². The van der Waals surface area contributed by atoms with E-state index in [0.717, 1.165) is 0 Å². The minimum atomic E-state index is -0.691. The van der Waals surface area contributed by atoms with Crippen LogP contribution in [0.3, 0.4) is 0 Å². The fourth-order valence-corrected chi connectivity index (χ4v) is 1.95. The van der Waals surface area contributed by atoms with Crippen molar-refractivity contribution in [3.05, 3.63) is 28.6 Å². The fourth-order valence-electron chi connectivity index (χ4n) is 1.42. The minimum absolute atomic E-state index is 0.0636. The average molecular weight is 281 g/mol. The van der Waals surface area contributed by atoms with E-state index in [-0.39, 0.29) is 23.6 Å². The van der Waals surface area contributed by atoms with Gasteiger partial charge in [0.05, 0.1) is 6.61 Å². The number of hydrogen-bond acceptors (Lipinski definition) is 7. The molecule has 1 amide bonds. The Morgan fingerprint density at radius 2 is 2.32 bits per heavy atom. The van der Waals surface area contributed by atoms with Crippen LogP contribution in [-0.2, 0) is 4.74 Å². The highest BCUT2D eigenvalue weighted by atomic mass is 32.1. The Kier molecular flexibility index (Phi) is 3.91. The lowest BCUT2D eigenvalue weighted by Crippen LogP contribution is -2.17. The standard InChI is InChI=1S/C11H11N3O4S/c1-3-17-10(16)8-7(6(2)18-14-8)9(15)13-11-12-4-5-19-11/h4-5H,3H2,1-2H3,(H,12,13,15). The molecular formula is C11H11N3O4S. The van der Waals surface area contributed by atoms with Gasteiger partial charge in [-0.3, -0.25) is 10.1 Å². The molecule has 0 unspecified atom stereocenters. The first-order valence-electron chi connectivity index (χ1n) is 5.47. The van der Waals surface area contributed by atoms with Gasteiger partial charge in [-0.25, -0.2) is 9.78 Å². The second kappa shape index (κ2) is 5.61. The van der Waals surface area contributed by atoms with Crippen LogP contribution < -0.4 is 5.32 Å². The van der Waals surface area contributed by atoms with Crippen LogP contribution in [0.4, 0.5) is 5.13 Å². The van der Waals surface area contributed by atoms with Gasteiger partial charge in [-0.15, -0.1) is 11.3 Å². The molecule has 0 atom stereocenters. The van der Waals surface area contributed by atoms with Crippen LogP contribution in [0.1, 0.15) is 33.5 Å². The Morgan fingerprint density at radius 3 is 2.95 bits per heavy atom. The summed E-state index contributed by atoms with van der Waals surface area (Å²) in [6.45, 7) is 3.41. The van der Waals surface area contributed by atoms with Crippen LogP contribution in [0.5, 0.6) is 0 Å². The molecule has 0 aliphatic heterocycles. The maximum Gasteiger partial charge on any atom is 0.361 e. The number of ether oxygens (including phenoxy) is 1. The highest BCUT2D eigenvalue weighted by Crippen LogP contribution is 2.18. The topological polar surface area (TPSA) is 94.3 Å². The second-order valence-corrected chi connectivity index (χ2v) is 4.37. The molecule has 0 bridgehead atoms. The van der Waals surface area contributed by atoms with E-state index in [1.807, 2.05) is 0 Å². The van der Waals surface area contributed by atoms with Crippen molar-refractivity contribution < 1.29 is 18.8 Å². The number of carbonyl (C=O) groups excluding carboxylic acids is 2. The SMILES string of the molecule is CCOC(=O)c1noc(C)c1C(=O)Nc1nccs1. The number of amides is 1. The molecule has 0 fully saturated rings. The van der Waals surface area contributed by atoms with E-state index in [1.54, 1.807) is 25.4 Å². The third-order valence-electron chi connectivity index (χ3n) is 2.21. The quantitative estimate of drug-likeness (QED) is 0.860. The highest BCUT2D eigenvalue weighted by Gasteiger charge is 2.26. The maximum absolute atomic E-state index is 12.1. The Balaban J connectivity index is 2.26. The van der Waals surface area contributed by atoms with E-state index >= 15 is 0 Å². The van der Waals surface area contributed by atoms with Crippen LogP contribution in [0, 0.1) is 6.92 Å². The number of carbonyl (C=O) groups is 2. The first-order chi connectivity index (χ1) is 9.13. The van der Waals surface area contributed by atoms with Gasteiger partial charge in [0.1, 0.15) is 11.3 Å². The molecule has 100 valence electrons. The van der Waals surface area contributed by atoms with Gasteiger partial charge in [0.2, 0.25) is 5.69 Å². The van der Waals surface area contributed by atoms with Crippen molar-refractivity contribution in [2.45, 2.75) is 13.8 Å². The molecule has 1 N–H and O–H groups in total. The van der Waals surface area contributed by atoms with Gasteiger partial charge >= 0.3 is 5.97 Å². The number of nitrogens with one attached hydrogen (secondary N) is 1. The Morgan fingerprint density at radius 1 is 1.53 bits per heavy atom. The summed E-state index contributed by atoms with van der Waals surface area (Å²) in [4.78, 5) is 27.6. The molecule has 0 spiro atoms. The monoisotopic (exact) mass is 281 g/mol. The number of aryl methyl sites for hydroxylation is 1. The minimum Gasteiger partial charge on any atom is -0.461 e. The number of thiazole rings is 1. The smallest absolute Gasteiger partial charge is 0.361 e. The molecule has 2 aromatic heterocycles. The summed E-state index contributed by atoms with van der Waals surface area (Å²) < 4.78 is 9.69. The van der Waals surface area contributed by atoms with Gasteiger partial charge in [-0.05, 0) is 13.8 Å². The van der Waals surface area contributed by atoms with Crippen molar-refractivity contribution in [1.29, 1.82) is 0 Å². The summed E-state index contributed by atoms with van der Waals surface area (Å²) in [7, 11) is 0. The fraction of sp³-hybridized carbons (Fsp3) is 0.273. The zero-order chi connectivity index (χ0) is 13.8. The van der Waals surface area contributed by atoms with E-state index in [4.69, 9.17) is 9.26 Å². The van der Waals surface area contributed by atoms with Crippen LogP contribution >= 0.6 is 11.3 Å². The van der Waals surface area contributed by atoms with E-state index in [1.165, 1.54) is 11.3 Å². The molecule has 7 nitrogen and oxygen atoms in total. The van der Waals surface area contributed by atoms with Crippen molar-refractivity contribution in [3.63, 3.8) is 0 Å².